The number of methoxy groups -OCH3 is 1. The Hall–Kier alpha value is -4.97. The second-order valence-corrected chi connectivity index (χ2v) is 16.0. The monoisotopic (exact) mass is 834 g/mol. The Morgan fingerprint density at radius 2 is 1.37 bits per heavy atom. The molecule has 0 fully saturated rings. The summed E-state index contributed by atoms with van der Waals surface area (Å²) in [6.45, 7) is 15.0. The highest BCUT2D eigenvalue weighted by Crippen LogP contribution is 2.24. The summed E-state index contributed by atoms with van der Waals surface area (Å²) in [5.74, 6) is -3.04. The first-order chi connectivity index (χ1) is 27.6. The molecule has 0 bridgehead atoms. The fourth-order valence-corrected chi connectivity index (χ4v) is 6.91. The fraction of sp³-hybridized carbons (Fsp3) is 0.683. The first kappa shape index (κ1) is 52.0. The third-order valence-electron chi connectivity index (χ3n) is 10.4. The Labute approximate surface area is 350 Å². The molecular weight excluding hydrogens is 763 g/mol. The van der Waals surface area contributed by atoms with Crippen LogP contribution in [-0.2, 0) is 40.1 Å². The lowest BCUT2D eigenvalue weighted by molar-refractivity contribution is -0.144. The Morgan fingerprint density at radius 1 is 0.780 bits per heavy atom. The minimum atomic E-state index is -0.990. The van der Waals surface area contributed by atoms with Gasteiger partial charge in [0.15, 0.2) is 0 Å². The van der Waals surface area contributed by atoms with E-state index in [4.69, 9.17) is 20.9 Å². The van der Waals surface area contributed by atoms with E-state index in [-0.39, 0.29) is 61.5 Å². The molecular formula is C41H71N9O9. The van der Waals surface area contributed by atoms with Crippen molar-refractivity contribution in [1.82, 2.24) is 31.1 Å². The molecule has 18 heteroatoms. The maximum atomic E-state index is 14.0. The Kier molecular flexibility index (Phi) is 22.5. The van der Waals surface area contributed by atoms with E-state index in [2.05, 4.69) is 26.6 Å². The van der Waals surface area contributed by atoms with Crippen molar-refractivity contribution >= 4 is 47.3 Å². The largest absolute Gasteiger partial charge is 0.445 e. The van der Waals surface area contributed by atoms with Crippen LogP contribution >= 0.6 is 0 Å². The molecule has 334 valence electrons. The van der Waals surface area contributed by atoms with Gasteiger partial charge in [-0.1, -0.05) is 73.9 Å². The number of urea groups is 1. The fourth-order valence-electron chi connectivity index (χ4n) is 6.91. The van der Waals surface area contributed by atoms with Gasteiger partial charge in [-0.25, -0.2) is 9.59 Å². The van der Waals surface area contributed by atoms with E-state index in [1.807, 2.05) is 27.7 Å². The van der Waals surface area contributed by atoms with Crippen molar-refractivity contribution in [3.05, 3.63) is 29.8 Å². The molecule has 0 radical (unpaired) electrons. The molecule has 0 saturated carbocycles. The molecule has 0 spiro atoms. The molecule has 7 atom stereocenters. The number of hydrogen-bond donors (Lipinski definition) is 7. The zero-order valence-electron chi connectivity index (χ0n) is 37.0. The highest BCUT2D eigenvalue weighted by molar-refractivity contribution is 5.98. The molecule has 0 aliphatic carbocycles. The van der Waals surface area contributed by atoms with Crippen molar-refractivity contribution in [2.24, 2.45) is 35.1 Å². The topological polar surface area (TPSA) is 257 Å². The van der Waals surface area contributed by atoms with Crippen molar-refractivity contribution in [1.29, 1.82) is 0 Å². The van der Waals surface area contributed by atoms with E-state index in [0.717, 1.165) is 0 Å². The quantitative estimate of drug-likeness (QED) is 0.0708. The lowest BCUT2D eigenvalue weighted by Gasteiger charge is -2.40. The zero-order valence-corrected chi connectivity index (χ0v) is 37.0. The average Bonchev–Trinajstić information content (AvgIpc) is 3.16. The molecule has 1 aromatic rings. The molecule has 0 aromatic heterocycles. The van der Waals surface area contributed by atoms with Crippen LogP contribution in [0.5, 0.6) is 0 Å². The molecule has 0 aliphatic rings. The van der Waals surface area contributed by atoms with Crippen LogP contribution < -0.4 is 38.1 Å². The van der Waals surface area contributed by atoms with Gasteiger partial charge in [0.25, 0.3) is 0 Å². The van der Waals surface area contributed by atoms with Crippen LogP contribution in [0.2, 0.25) is 0 Å². The number of likely N-dealkylation sites (N-methyl/N-ethyl adjacent to an activating group) is 3. The summed E-state index contributed by atoms with van der Waals surface area (Å²) in [4.78, 5) is 93.1. The van der Waals surface area contributed by atoms with Gasteiger partial charge in [-0.3, -0.25) is 28.9 Å². The van der Waals surface area contributed by atoms with Crippen molar-refractivity contribution in [2.75, 3.05) is 40.1 Å². The molecule has 59 heavy (non-hydrogen) atoms. The third kappa shape index (κ3) is 16.7. The Balaban J connectivity index is 3.07. The SMILES string of the molecule is CC[C@H](C)[C@@H]([C@@H](CC(N)=O)OC)N(C)C(=O)[C@@H](NC(=O)[C@H](C(C)C)N(C)C(=O)OCc1ccc(NC(=O)[C@H](CCCNC(N)=O)NC(=O)[C@@H](NC)C(C)C)cc1)C(C)C. The van der Waals surface area contributed by atoms with Crippen LogP contribution in [0.3, 0.4) is 0 Å². The van der Waals surface area contributed by atoms with E-state index in [9.17, 15) is 33.6 Å². The maximum absolute atomic E-state index is 14.0. The summed E-state index contributed by atoms with van der Waals surface area (Å²) in [6.07, 6.45) is -0.185. The van der Waals surface area contributed by atoms with E-state index < -0.39 is 66.2 Å². The predicted octanol–water partition coefficient (Wildman–Crippen LogP) is 2.30. The first-order valence-electron chi connectivity index (χ1n) is 20.3. The smallest absolute Gasteiger partial charge is 0.410 e. The number of ether oxygens (including phenoxy) is 2. The second kappa shape index (κ2) is 25.5. The summed E-state index contributed by atoms with van der Waals surface area (Å²) in [7, 11) is 6.21. The van der Waals surface area contributed by atoms with Gasteiger partial charge >= 0.3 is 12.1 Å². The van der Waals surface area contributed by atoms with Crippen LogP contribution in [0.1, 0.15) is 86.6 Å². The van der Waals surface area contributed by atoms with Crippen LogP contribution in [0.25, 0.3) is 0 Å². The van der Waals surface area contributed by atoms with Gasteiger partial charge in [-0.2, -0.15) is 0 Å². The van der Waals surface area contributed by atoms with Crippen LogP contribution in [0.15, 0.2) is 24.3 Å². The predicted molar refractivity (Wildman–Crippen MR) is 225 cm³/mol. The molecule has 18 nitrogen and oxygen atoms in total. The normalized spacial score (nSPS) is 14.9. The number of carbonyl (C=O) groups is 7. The molecule has 1 rings (SSSR count). The molecule has 0 heterocycles. The highest BCUT2D eigenvalue weighted by Gasteiger charge is 2.39. The minimum Gasteiger partial charge on any atom is -0.445 e. The van der Waals surface area contributed by atoms with Crippen molar-refractivity contribution in [3.63, 3.8) is 0 Å². The summed E-state index contributed by atoms with van der Waals surface area (Å²) in [6, 6.07) is 2.03. The van der Waals surface area contributed by atoms with E-state index in [0.29, 0.717) is 24.1 Å². The number of nitrogens with zero attached hydrogens (tertiary/aromatic N) is 2. The van der Waals surface area contributed by atoms with Crippen LogP contribution in [0.4, 0.5) is 15.3 Å². The van der Waals surface area contributed by atoms with Gasteiger partial charge in [0.2, 0.25) is 29.5 Å². The van der Waals surface area contributed by atoms with Crippen LogP contribution in [0, 0.1) is 23.7 Å². The van der Waals surface area contributed by atoms with Crippen molar-refractivity contribution in [3.8, 4) is 0 Å². The van der Waals surface area contributed by atoms with Gasteiger partial charge in [0.1, 0.15) is 24.7 Å². The second-order valence-electron chi connectivity index (χ2n) is 16.0. The summed E-state index contributed by atoms with van der Waals surface area (Å²) < 4.78 is 11.2. The molecule has 8 amide bonds. The van der Waals surface area contributed by atoms with Gasteiger partial charge < -0.3 is 52.4 Å². The van der Waals surface area contributed by atoms with E-state index in [1.54, 1.807) is 66.1 Å². The van der Waals surface area contributed by atoms with Gasteiger partial charge in [-0.15, -0.1) is 0 Å². The first-order valence-corrected chi connectivity index (χ1v) is 20.3. The van der Waals surface area contributed by atoms with Gasteiger partial charge in [0, 0.05) is 33.4 Å². The summed E-state index contributed by atoms with van der Waals surface area (Å²) >= 11 is 0. The molecule has 1 aromatic carbocycles. The number of primary amides is 2. The standard InChI is InChI=1S/C41H71N9O9/c1-13-26(8)35(30(58-12)21-31(42)51)49(10)39(55)33(24(4)5)48-38(54)34(25(6)7)50(11)41(57)59-22-27-16-18-28(19-17-27)46-36(52)29(15-14-20-45-40(43)56)47-37(53)32(44-9)23(2)3/h16-19,23-26,29-30,32-35,44H,13-15,20-22H2,1-12H3,(H2,42,51)(H,46,52)(H,47,53)(H,48,54)(H3,43,45,56)/t26-,29-,30+,32-,33-,34-,35-/m0/s1. The zero-order chi connectivity index (χ0) is 45.1. The Bertz CT molecular complexity index is 1540. The molecule has 9 N–H and O–H groups in total. The molecule has 0 saturated heterocycles. The number of amides is 8. The summed E-state index contributed by atoms with van der Waals surface area (Å²) in [5, 5.41) is 13.9. The molecule has 0 unspecified atom stereocenters. The van der Waals surface area contributed by atoms with Crippen molar-refractivity contribution < 1.29 is 43.0 Å². The lowest BCUT2D eigenvalue weighted by atomic mass is 9.89. The maximum Gasteiger partial charge on any atom is 0.410 e. The number of nitrogens with two attached hydrogens (primary N) is 2. The number of hydrogen-bond acceptors (Lipinski definition) is 10. The number of rotatable bonds is 25. The lowest BCUT2D eigenvalue weighted by Crippen LogP contribution is -2.60. The highest BCUT2D eigenvalue weighted by atomic mass is 16.6. The Morgan fingerprint density at radius 3 is 1.85 bits per heavy atom. The number of anilines is 1. The van der Waals surface area contributed by atoms with Crippen LogP contribution in [-0.4, -0.2) is 123 Å². The van der Waals surface area contributed by atoms with E-state index in [1.165, 1.54) is 24.0 Å². The number of carbonyl (C=O) groups excluding carboxylic acids is 7. The molecule has 0 aliphatic heterocycles. The third-order valence-corrected chi connectivity index (χ3v) is 10.4. The van der Waals surface area contributed by atoms with Gasteiger partial charge in [-0.05, 0) is 61.3 Å². The average molecular weight is 834 g/mol. The van der Waals surface area contributed by atoms with Gasteiger partial charge in [0.05, 0.1) is 24.6 Å². The number of nitrogens with one attached hydrogen (secondary N) is 5. The van der Waals surface area contributed by atoms with Crippen molar-refractivity contribution in [2.45, 2.75) is 124 Å². The van der Waals surface area contributed by atoms with E-state index >= 15 is 0 Å². The minimum absolute atomic E-state index is 0.0320. The summed E-state index contributed by atoms with van der Waals surface area (Å²) in [5.41, 5.74) is 11.7. The number of benzene rings is 1.